The van der Waals surface area contributed by atoms with E-state index in [1.54, 1.807) is 0 Å². The Morgan fingerprint density at radius 3 is 1.29 bits per heavy atom. The van der Waals surface area contributed by atoms with Gasteiger partial charge < -0.3 is 13.3 Å². The van der Waals surface area contributed by atoms with Gasteiger partial charge in [-0.2, -0.15) is 70.2 Å². The molecule has 0 atom stereocenters. The SMILES string of the molecule is CO[Si](OC)(OC)C(F)(F)C(F)(F)C(F)(F)C(F)(F)C(F)(F)C(F)(F)C(F)(F)CCCC=C(F)F. The van der Waals surface area contributed by atoms with E-state index < -0.39 is 75.2 Å². The molecule has 0 aliphatic rings. The van der Waals surface area contributed by atoms with E-state index in [1.165, 1.54) is 0 Å². The van der Waals surface area contributed by atoms with E-state index in [0.717, 1.165) is 0 Å². The van der Waals surface area contributed by atoms with Gasteiger partial charge in [-0.05, 0) is 18.9 Å². The van der Waals surface area contributed by atoms with E-state index >= 15 is 0 Å². The molecule has 0 aromatic rings. The molecule has 0 heterocycles. The van der Waals surface area contributed by atoms with Crippen molar-refractivity contribution in [2.24, 2.45) is 0 Å². The second-order valence-corrected chi connectivity index (χ2v) is 9.67. The van der Waals surface area contributed by atoms with Gasteiger partial charge in [0.25, 0.3) is 6.08 Å². The third kappa shape index (κ3) is 4.98. The highest BCUT2D eigenvalue weighted by Crippen LogP contribution is 2.63. The smallest absolute Gasteiger partial charge is 0.373 e. The summed E-state index contributed by atoms with van der Waals surface area (Å²) in [6.45, 7) is 0. The van der Waals surface area contributed by atoms with Crippen molar-refractivity contribution in [2.75, 3.05) is 21.3 Å². The van der Waals surface area contributed by atoms with Crippen LogP contribution in [0.4, 0.5) is 70.2 Å². The van der Waals surface area contributed by atoms with Crippen LogP contribution in [0, 0.1) is 0 Å². The average molecular weight is 576 g/mol. The highest BCUT2D eigenvalue weighted by atomic mass is 28.4. The molecule has 0 fully saturated rings. The molecule has 0 spiro atoms. The number of rotatable bonds is 14. The van der Waals surface area contributed by atoms with Gasteiger partial charge in [0.1, 0.15) is 0 Å². The molecule has 210 valence electrons. The van der Waals surface area contributed by atoms with Crippen LogP contribution in [0.2, 0.25) is 0 Å². The maximum Gasteiger partial charge on any atom is 0.581 e. The molecule has 0 amide bonds. The minimum absolute atomic E-state index is 0.0762. The van der Waals surface area contributed by atoms with Crippen LogP contribution >= 0.6 is 0 Å². The first-order valence-electron chi connectivity index (χ1n) is 8.66. The van der Waals surface area contributed by atoms with Crippen LogP contribution in [0.5, 0.6) is 0 Å². The van der Waals surface area contributed by atoms with Gasteiger partial charge in [0.05, 0.1) is 0 Å². The van der Waals surface area contributed by atoms with Crippen LogP contribution in [0.3, 0.4) is 0 Å². The molecule has 0 saturated heterocycles. The van der Waals surface area contributed by atoms with Gasteiger partial charge in [-0.3, -0.25) is 0 Å². The number of unbranched alkanes of at least 4 members (excludes halogenated alkanes) is 1. The van der Waals surface area contributed by atoms with Crippen LogP contribution < -0.4 is 0 Å². The van der Waals surface area contributed by atoms with E-state index in [-0.39, 0.29) is 27.4 Å². The zero-order valence-electron chi connectivity index (χ0n) is 17.5. The van der Waals surface area contributed by atoms with Crippen LogP contribution in [0.25, 0.3) is 0 Å². The summed E-state index contributed by atoms with van der Waals surface area (Å²) in [5.74, 6) is -46.2. The van der Waals surface area contributed by atoms with Crippen LogP contribution in [0.15, 0.2) is 12.2 Å². The molecule has 3 nitrogen and oxygen atoms in total. The third-order valence-electron chi connectivity index (χ3n) is 4.62. The highest BCUT2D eigenvalue weighted by molar-refractivity contribution is 6.63. The van der Waals surface area contributed by atoms with Crippen LogP contribution in [-0.4, -0.2) is 71.2 Å². The molecule has 0 saturated carbocycles. The summed E-state index contributed by atoms with van der Waals surface area (Å²) in [7, 11) is -6.26. The molecular formula is C15H16F16O3Si. The third-order valence-corrected chi connectivity index (χ3v) is 7.31. The summed E-state index contributed by atoms with van der Waals surface area (Å²) in [5, 5.41) is 0. The first kappa shape index (κ1) is 33.7. The summed E-state index contributed by atoms with van der Waals surface area (Å²) in [6.07, 6.45) is -8.03. The van der Waals surface area contributed by atoms with Crippen molar-refractivity contribution in [3.63, 3.8) is 0 Å². The summed E-state index contributed by atoms with van der Waals surface area (Å²) in [4.78, 5) is 0. The number of hydrogen-bond donors (Lipinski definition) is 0. The number of alkyl halides is 14. The van der Waals surface area contributed by atoms with E-state index in [1.807, 2.05) is 0 Å². The lowest BCUT2D eigenvalue weighted by atomic mass is 9.89. The van der Waals surface area contributed by atoms with Crippen molar-refractivity contribution in [3.8, 4) is 0 Å². The zero-order chi connectivity index (χ0) is 28.5. The molecule has 0 aromatic heterocycles. The fraction of sp³-hybridized carbons (Fsp3) is 0.867. The Morgan fingerprint density at radius 2 is 0.943 bits per heavy atom. The van der Waals surface area contributed by atoms with Crippen molar-refractivity contribution in [1.82, 2.24) is 0 Å². The van der Waals surface area contributed by atoms with E-state index in [0.29, 0.717) is 0 Å². The Hall–Kier alpha value is -1.28. The Balaban J connectivity index is 6.60. The predicted octanol–water partition coefficient (Wildman–Crippen LogP) is 6.80. The quantitative estimate of drug-likeness (QED) is 0.129. The van der Waals surface area contributed by atoms with Crippen LogP contribution in [0.1, 0.15) is 19.3 Å². The summed E-state index contributed by atoms with van der Waals surface area (Å²) >= 11 is 0. The highest BCUT2D eigenvalue weighted by Gasteiger charge is 2.95. The molecule has 35 heavy (non-hydrogen) atoms. The monoisotopic (exact) mass is 576 g/mol. The van der Waals surface area contributed by atoms with Crippen molar-refractivity contribution in [2.45, 2.75) is 60.3 Å². The first-order valence-corrected chi connectivity index (χ1v) is 10.4. The van der Waals surface area contributed by atoms with E-state index in [2.05, 4.69) is 13.3 Å². The van der Waals surface area contributed by atoms with Gasteiger partial charge in [0, 0.05) is 27.8 Å². The van der Waals surface area contributed by atoms with Gasteiger partial charge in [0.15, 0.2) is 0 Å². The maximum atomic E-state index is 14.2. The molecule has 0 N–H and O–H groups in total. The lowest BCUT2D eigenvalue weighted by molar-refractivity contribution is -0.438. The second-order valence-electron chi connectivity index (χ2n) is 6.71. The molecule has 0 aliphatic heterocycles. The summed E-state index contributed by atoms with van der Waals surface area (Å²) in [5.41, 5.74) is -6.72. The largest absolute Gasteiger partial charge is 0.581 e. The molecule has 0 radical (unpaired) electrons. The molecule has 0 rings (SSSR count). The Morgan fingerprint density at radius 1 is 0.600 bits per heavy atom. The molecule has 0 bridgehead atoms. The zero-order valence-corrected chi connectivity index (χ0v) is 18.5. The minimum atomic E-state index is -8.28. The van der Waals surface area contributed by atoms with Gasteiger partial charge in [0.2, 0.25) is 0 Å². The van der Waals surface area contributed by atoms with E-state index in [9.17, 15) is 70.2 Å². The molecule has 0 aromatic carbocycles. The van der Waals surface area contributed by atoms with Gasteiger partial charge in [-0.1, -0.05) is 0 Å². The lowest BCUT2D eigenvalue weighted by Gasteiger charge is -2.44. The van der Waals surface area contributed by atoms with Crippen LogP contribution in [-0.2, 0) is 13.3 Å². The second kappa shape index (κ2) is 10.2. The standard InChI is InChI=1S/C15H16F16O3Si/c1-32-35(33-2,34-3)15(30,31)14(28,29)13(26,27)12(24,25)11(22,23)10(20,21)9(18,19)7-5-4-6-8(16)17/h6H,4-5,7H2,1-3H3. The van der Waals surface area contributed by atoms with Crippen molar-refractivity contribution >= 4 is 8.80 Å². The minimum Gasteiger partial charge on any atom is -0.373 e. The number of halogens is 16. The van der Waals surface area contributed by atoms with Crippen molar-refractivity contribution < 1.29 is 83.5 Å². The summed E-state index contributed by atoms with van der Waals surface area (Å²) in [6, 6.07) is 0. The summed E-state index contributed by atoms with van der Waals surface area (Å²) < 4.78 is 229. The first-order chi connectivity index (χ1) is 15.3. The Bertz CT molecular complexity index is 738. The van der Waals surface area contributed by atoms with Crippen molar-refractivity contribution in [3.05, 3.63) is 12.2 Å². The molecular weight excluding hydrogens is 560 g/mol. The normalized spacial score (nSPS) is 15.4. The fourth-order valence-electron chi connectivity index (χ4n) is 2.54. The number of hydrogen-bond acceptors (Lipinski definition) is 3. The molecule has 20 heteroatoms. The van der Waals surface area contributed by atoms with Gasteiger partial charge >= 0.3 is 49.9 Å². The lowest BCUT2D eigenvalue weighted by Crippen LogP contribution is -2.77. The Kier molecular flexibility index (Phi) is 9.86. The van der Waals surface area contributed by atoms with Gasteiger partial charge in [-0.15, -0.1) is 0 Å². The van der Waals surface area contributed by atoms with Gasteiger partial charge in [-0.25, -0.2) is 0 Å². The topological polar surface area (TPSA) is 27.7 Å². The average Bonchev–Trinajstić information content (AvgIpc) is 2.71. The Labute approximate surface area is 187 Å². The number of allylic oxidation sites excluding steroid dienone is 1. The molecule has 0 unspecified atom stereocenters. The van der Waals surface area contributed by atoms with E-state index in [4.69, 9.17) is 0 Å². The predicted molar refractivity (Wildman–Crippen MR) is 85.6 cm³/mol. The molecule has 0 aliphatic carbocycles. The fourth-order valence-corrected chi connectivity index (χ4v) is 4.35. The van der Waals surface area contributed by atoms with Crippen molar-refractivity contribution in [1.29, 1.82) is 0 Å². The maximum absolute atomic E-state index is 14.2.